The minimum Gasteiger partial charge on any atom is -0.465 e. The van der Waals surface area contributed by atoms with Gasteiger partial charge in [-0.3, -0.25) is 4.79 Å². The second-order valence-corrected chi connectivity index (χ2v) is 5.31. The van der Waals surface area contributed by atoms with E-state index in [-0.39, 0.29) is 11.2 Å². The maximum Gasteiger partial charge on any atom is 0.319 e. The maximum atomic E-state index is 11.4. The van der Waals surface area contributed by atoms with E-state index in [2.05, 4.69) is 0 Å². The first-order valence-corrected chi connectivity index (χ1v) is 6.46. The Labute approximate surface area is 109 Å². The summed E-state index contributed by atoms with van der Waals surface area (Å²) in [6.07, 6.45) is 0. The van der Waals surface area contributed by atoms with Gasteiger partial charge in [-0.1, -0.05) is 23.2 Å². The van der Waals surface area contributed by atoms with E-state index < -0.39 is 0 Å². The molecule has 0 heterocycles. The second kappa shape index (κ2) is 6.38. The van der Waals surface area contributed by atoms with Crippen molar-refractivity contribution in [1.82, 2.24) is 0 Å². The van der Waals surface area contributed by atoms with Crippen molar-refractivity contribution < 1.29 is 9.53 Å². The molecule has 5 heteroatoms. The Balaban J connectivity index is 2.72. The van der Waals surface area contributed by atoms with Crippen LogP contribution in [0.5, 0.6) is 0 Å². The summed E-state index contributed by atoms with van der Waals surface area (Å²) in [7, 11) is 0. The zero-order valence-corrected chi connectivity index (χ0v) is 11.3. The van der Waals surface area contributed by atoms with Gasteiger partial charge < -0.3 is 4.74 Å². The fourth-order valence-corrected chi connectivity index (χ4v) is 2.47. The molecule has 0 amide bonds. The molecule has 2 nitrogen and oxygen atoms in total. The largest absolute Gasteiger partial charge is 0.465 e. The van der Waals surface area contributed by atoms with Gasteiger partial charge in [-0.15, -0.1) is 11.8 Å². The van der Waals surface area contributed by atoms with E-state index in [4.69, 9.17) is 27.9 Å². The molecular formula is C11H12Cl2O2S. The van der Waals surface area contributed by atoms with Crippen LogP contribution in [0.2, 0.25) is 10.0 Å². The van der Waals surface area contributed by atoms with Gasteiger partial charge in [-0.05, 0) is 32.0 Å². The van der Waals surface area contributed by atoms with Gasteiger partial charge >= 0.3 is 5.97 Å². The molecule has 1 unspecified atom stereocenters. The summed E-state index contributed by atoms with van der Waals surface area (Å²) in [6.45, 7) is 3.94. The molecule has 16 heavy (non-hydrogen) atoms. The number of esters is 1. The highest BCUT2D eigenvalue weighted by Crippen LogP contribution is 2.32. The molecule has 1 aromatic carbocycles. The van der Waals surface area contributed by atoms with Crippen molar-refractivity contribution in [3.05, 3.63) is 28.2 Å². The summed E-state index contributed by atoms with van der Waals surface area (Å²) in [5, 5.41) is 0.893. The number of thioether (sulfide) groups is 1. The van der Waals surface area contributed by atoms with Gasteiger partial charge in [0, 0.05) is 9.92 Å². The summed E-state index contributed by atoms with van der Waals surface area (Å²) >= 11 is 13.2. The minimum absolute atomic E-state index is 0.247. The van der Waals surface area contributed by atoms with E-state index >= 15 is 0 Å². The van der Waals surface area contributed by atoms with Gasteiger partial charge in [0.05, 0.1) is 11.6 Å². The van der Waals surface area contributed by atoms with Crippen LogP contribution in [-0.2, 0) is 9.53 Å². The number of hydrogen-bond acceptors (Lipinski definition) is 3. The van der Waals surface area contributed by atoms with E-state index in [1.807, 2.05) is 0 Å². The summed E-state index contributed by atoms with van der Waals surface area (Å²) in [5.74, 6) is -0.247. The van der Waals surface area contributed by atoms with Crippen molar-refractivity contribution in [2.45, 2.75) is 24.0 Å². The van der Waals surface area contributed by atoms with Crippen LogP contribution in [0.4, 0.5) is 0 Å². The van der Waals surface area contributed by atoms with E-state index in [1.54, 1.807) is 32.0 Å². The Morgan fingerprint density at radius 3 is 2.81 bits per heavy atom. The normalized spacial score (nSPS) is 12.2. The molecule has 0 saturated carbocycles. The number of hydrogen-bond donors (Lipinski definition) is 0. The van der Waals surface area contributed by atoms with Gasteiger partial charge in [0.25, 0.3) is 0 Å². The number of rotatable bonds is 4. The fraction of sp³-hybridized carbons (Fsp3) is 0.364. The number of ether oxygens (including phenoxy) is 1. The van der Waals surface area contributed by atoms with Gasteiger partial charge in [0.1, 0.15) is 5.25 Å². The van der Waals surface area contributed by atoms with Gasteiger partial charge in [-0.2, -0.15) is 0 Å². The molecule has 0 aromatic heterocycles. The topological polar surface area (TPSA) is 26.3 Å². The lowest BCUT2D eigenvalue weighted by Crippen LogP contribution is -2.16. The van der Waals surface area contributed by atoms with Crippen LogP contribution in [0, 0.1) is 0 Å². The first-order chi connectivity index (χ1) is 7.54. The predicted octanol–water partition coefficient (Wildman–Crippen LogP) is 4.04. The molecule has 0 saturated heterocycles. The van der Waals surface area contributed by atoms with Crippen molar-refractivity contribution in [3.8, 4) is 0 Å². The smallest absolute Gasteiger partial charge is 0.319 e. The van der Waals surface area contributed by atoms with Crippen molar-refractivity contribution in [2.75, 3.05) is 6.61 Å². The first kappa shape index (κ1) is 13.7. The Kier molecular flexibility index (Phi) is 5.46. The van der Waals surface area contributed by atoms with Crippen molar-refractivity contribution in [1.29, 1.82) is 0 Å². The molecule has 0 aliphatic heterocycles. The standard InChI is InChI=1S/C11H12Cl2O2S/c1-3-15-11(14)7(2)16-10-6-8(12)4-5-9(10)13/h4-7H,3H2,1-2H3. The molecule has 0 bridgehead atoms. The molecule has 1 aromatic rings. The van der Waals surface area contributed by atoms with Gasteiger partial charge in [-0.25, -0.2) is 0 Å². The number of benzene rings is 1. The Hall–Kier alpha value is -0.380. The second-order valence-electron chi connectivity index (χ2n) is 3.09. The highest BCUT2D eigenvalue weighted by atomic mass is 35.5. The fourth-order valence-electron chi connectivity index (χ4n) is 1.07. The summed E-state index contributed by atoms with van der Waals surface area (Å²) in [4.78, 5) is 12.2. The molecule has 88 valence electrons. The number of carbonyl (C=O) groups is 1. The van der Waals surface area contributed by atoms with Crippen molar-refractivity contribution in [2.24, 2.45) is 0 Å². The average molecular weight is 279 g/mol. The Morgan fingerprint density at radius 1 is 1.50 bits per heavy atom. The molecule has 1 atom stereocenters. The van der Waals surface area contributed by atoms with Crippen LogP contribution in [0.3, 0.4) is 0 Å². The molecular weight excluding hydrogens is 267 g/mol. The SMILES string of the molecule is CCOC(=O)C(C)Sc1cc(Cl)ccc1Cl. The molecule has 1 rings (SSSR count). The third kappa shape index (κ3) is 3.89. The minimum atomic E-state index is -0.295. The first-order valence-electron chi connectivity index (χ1n) is 4.83. The lowest BCUT2D eigenvalue weighted by molar-refractivity contribution is -0.142. The lowest BCUT2D eigenvalue weighted by Gasteiger charge is -2.11. The molecule has 0 radical (unpaired) electrons. The van der Waals surface area contributed by atoms with E-state index in [0.717, 1.165) is 4.90 Å². The highest BCUT2D eigenvalue weighted by molar-refractivity contribution is 8.00. The number of halogens is 2. The zero-order valence-electron chi connectivity index (χ0n) is 9.00. The molecule has 0 aliphatic carbocycles. The van der Waals surface area contributed by atoms with Gasteiger partial charge in [0.2, 0.25) is 0 Å². The zero-order chi connectivity index (χ0) is 12.1. The average Bonchev–Trinajstić information content (AvgIpc) is 2.23. The molecule has 0 N–H and O–H groups in total. The summed E-state index contributed by atoms with van der Waals surface area (Å²) in [5.41, 5.74) is 0. The third-order valence-electron chi connectivity index (χ3n) is 1.82. The lowest BCUT2D eigenvalue weighted by atomic mass is 10.4. The van der Waals surface area contributed by atoms with Crippen LogP contribution >= 0.6 is 35.0 Å². The van der Waals surface area contributed by atoms with Crippen LogP contribution in [0.15, 0.2) is 23.1 Å². The quantitative estimate of drug-likeness (QED) is 0.614. The predicted molar refractivity (Wildman–Crippen MR) is 68.4 cm³/mol. The Morgan fingerprint density at radius 2 is 2.19 bits per heavy atom. The molecule has 0 fully saturated rings. The monoisotopic (exact) mass is 278 g/mol. The third-order valence-corrected chi connectivity index (χ3v) is 3.63. The summed E-state index contributed by atoms with van der Waals surface area (Å²) in [6, 6.07) is 5.16. The maximum absolute atomic E-state index is 11.4. The van der Waals surface area contributed by atoms with Crippen molar-refractivity contribution in [3.63, 3.8) is 0 Å². The summed E-state index contributed by atoms with van der Waals surface area (Å²) < 4.78 is 4.91. The highest BCUT2D eigenvalue weighted by Gasteiger charge is 2.16. The van der Waals surface area contributed by atoms with E-state index in [0.29, 0.717) is 16.7 Å². The van der Waals surface area contributed by atoms with Crippen LogP contribution in [0.25, 0.3) is 0 Å². The van der Waals surface area contributed by atoms with Crippen LogP contribution in [-0.4, -0.2) is 17.8 Å². The van der Waals surface area contributed by atoms with Crippen LogP contribution in [0.1, 0.15) is 13.8 Å². The molecule has 0 spiro atoms. The van der Waals surface area contributed by atoms with Crippen molar-refractivity contribution >= 4 is 40.9 Å². The van der Waals surface area contributed by atoms with E-state index in [1.165, 1.54) is 11.8 Å². The van der Waals surface area contributed by atoms with Gasteiger partial charge in [0.15, 0.2) is 0 Å². The van der Waals surface area contributed by atoms with E-state index in [9.17, 15) is 4.79 Å². The van der Waals surface area contributed by atoms with Crippen LogP contribution < -0.4 is 0 Å². The molecule has 0 aliphatic rings. The number of carbonyl (C=O) groups excluding carboxylic acids is 1. The Bertz CT molecular complexity index is 382.